The lowest BCUT2D eigenvalue weighted by atomic mass is 10.1. The van der Waals surface area contributed by atoms with Crippen molar-refractivity contribution in [2.24, 2.45) is 0 Å². The molecule has 0 radical (unpaired) electrons. The van der Waals surface area contributed by atoms with Gasteiger partial charge >= 0.3 is 12.2 Å². The van der Waals surface area contributed by atoms with Crippen LogP contribution in [0.15, 0.2) is 18.3 Å². The average Bonchev–Trinajstić information content (AvgIpc) is 3.31. The van der Waals surface area contributed by atoms with Crippen molar-refractivity contribution in [2.75, 3.05) is 18.0 Å². The number of amides is 2. The summed E-state index contributed by atoms with van der Waals surface area (Å²) >= 11 is 0. The Morgan fingerprint density at radius 3 is 2.17 bits per heavy atom. The van der Waals surface area contributed by atoms with Gasteiger partial charge in [0.2, 0.25) is 0 Å². The second-order valence-electron chi connectivity index (χ2n) is 6.06. The predicted molar refractivity (Wildman–Crippen MR) is 79.2 cm³/mol. The number of anilines is 1. The van der Waals surface area contributed by atoms with E-state index in [-0.39, 0.29) is 12.1 Å². The maximum absolute atomic E-state index is 12.5. The molecule has 1 saturated heterocycles. The maximum atomic E-state index is 12.5. The standard InChI is InChI=1S/C15H19F3N4O/c16-15(17,18)10-1-4-13(19-9-10)22-7-5-12(6-8-22)21-14(23)20-11-2-3-11/h1,4,9,11-12H,2-3,5-8H2,(H2,20,21,23). The maximum Gasteiger partial charge on any atom is 0.417 e. The molecule has 1 aliphatic heterocycles. The van der Waals surface area contributed by atoms with Gasteiger partial charge in [-0.15, -0.1) is 0 Å². The third-order valence-electron chi connectivity index (χ3n) is 4.14. The van der Waals surface area contributed by atoms with Gasteiger partial charge in [0.25, 0.3) is 0 Å². The minimum absolute atomic E-state index is 0.0967. The van der Waals surface area contributed by atoms with Crippen LogP contribution < -0.4 is 15.5 Å². The summed E-state index contributed by atoms with van der Waals surface area (Å²) in [5, 5.41) is 5.83. The zero-order valence-electron chi connectivity index (χ0n) is 12.6. The van der Waals surface area contributed by atoms with Crippen LogP contribution in [0.3, 0.4) is 0 Å². The van der Waals surface area contributed by atoms with Crippen LogP contribution in [0.25, 0.3) is 0 Å². The number of rotatable bonds is 3. The molecule has 5 nitrogen and oxygen atoms in total. The molecule has 2 heterocycles. The second-order valence-corrected chi connectivity index (χ2v) is 6.06. The highest BCUT2D eigenvalue weighted by Crippen LogP contribution is 2.29. The Balaban J connectivity index is 1.49. The molecule has 1 aliphatic carbocycles. The third kappa shape index (κ3) is 4.27. The number of carbonyl (C=O) groups is 1. The van der Waals surface area contributed by atoms with Crippen LogP contribution in [-0.2, 0) is 6.18 Å². The first-order valence-corrected chi connectivity index (χ1v) is 7.77. The normalized spacial score (nSPS) is 19.5. The number of carbonyl (C=O) groups excluding carboxylic acids is 1. The van der Waals surface area contributed by atoms with Gasteiger partial charge < -0.3 is 15.5 Å². The Morgan fingerprint density at radius 1 is 1.09 bits per heavy atom. The molecule has 1 aromatic rings. The van der Waals surface area contributed by atoms with E-state index in [1.54, 1.807) is 0 Å². The Bertz CT molecular complexity index is 549. The number of piperidine rings is 1. The summed E-state index contributed by atoms with van der Waals surface area (Å²) in [6.45, 7) is 1.32. The zero-order chi connectivity index (χ0) is 16.4. The molecule has 8 heteroatoms. The smallest absolute Gasteiger partial charge is 0.356 e. The molecular weight excluding hydrogens is 309 g/mol. The fourth-order valence-electron chi connectivity index (χ4n) is 2.63. The number of hydrogen-bond donors (Lipinski definition) is 2. The summed E-state index contributed by atoms with van der Waals surface area (Å²) in [7, 11) is 0. The molecule has 0 spiro atoms. The van der Waals surface area contributed by atoms with Crippen LogP contribution in [0.1, 0.15) is 31.2 Å². The summed E-state index contributed by atoms with van der Waals surface area (Å²) in [5.41, 5.74) is -0.741. The summed E-state index contributed by atoms with van der Waals surface area (Å²) in [6, 6.07) is 2.75. The summed E-state index contributed by atoms with van der Waals surface area (Å²) in [4.78, 5) is 17.5. The second kappa shape index (κ2) is 6.25. The van der Waals surface area contributed by atoms with Crippen LogP contribution in [0.2, 0.25) is 0 Å². The van der Waals surface area contributed by atoms with Gasteiger partial charge in [-0.2, -0.15) is 13.2 Å². The molecule has 2 amide bonds. The van der Waals surface area contributed by atoms with Crippen molar-refractivity contribution in [1.82, 2.24) is 15.6 Å². The van der Waals surface area contributed by atoms with Crippen molar-refractivity contribution < 1.29 is 18.0 Å². The van der Waals surface area contributed by atoms with Crippen molar-refractivity contribution >= 4 is 11.8 Å². The summed E-state index contributed by atoms with van der Waals surface area (Å²) < 4.78 is 37.6. The van der Waals surface area contributed by atoms with E-state index in [9.17, 15) is 18.0 Å². The Labute approximate surface area is 132 Å². The van der Waals surface area contributed by atoms with Gasteiger partial charge in [0.15, 0.2) is 0 Å². The zero-order valence-corrected chi connectivity index (χ0v) is 12.6. The Hall–Kier alpha value is -1.99. The van der Waals surface area contributed by atoms with Crippen molar-refractivity contribution in [3.63, 3.8) is 0 Å². The van der Waals surface area contributed by atoms with Crippen LogP contribution in [-0.4, -0.2) is 36.2 Å². The number of urea groups is 1. The lowest BCUT2D eigenvalue weighted by molar-refractivity contribution is -0.137. The predicted octanol–water partition coefficient (Wildman–Crippen LogP) is 2.53. The lowest BCUT2D eigenvalue weighted by Gasteiger charge is -2.33. The fourth-order valence-corrected chi connectivity index (χ4v) is 2.63. The molecule has 0 aromatic carbocycles. The first-order chi connectivity index (χ1) is 10.9. The van der Waals surface area contributed by atoms with Crippen LogP contribution in [0.5, 0.6) is 0 Å². The van der Waals surface area contributed by atoms with Gasteiger partial charge in [0, 0.05) is 31.4 Å². The quantitative estimate of drug-likeness (QED) is 0.896. The number of nitrogens with zero attached hydrogens (tertiary/aromatic N) is 2. The first kappa shape index (κ1) is 15.9. The van der Waals surface area contributed by atoms with E-state index in [1.165, 1.54) is 6.07 Å². The topological polar surface area (TPSA) is 57.3 Å². The van der Waals surface area contributed by atoms with Crippen LogP contribution >= 0.6 is 0 Å². The van der Waals surface area contributed by atoms with Gasteiger partial charge in [0.05, 0.1) is 5.56 Å². The highest BCUT2D eigenvalue weighted by molar-refractivity contribution is 5.74. The Kier molecular flexibility index (Phi) is 4.32. The van der Waals surface area contributed by atoms with E-state index in [2.05, 4.69) is 15.6 Å². The molecule has 2 aliphatic rings. The summed E-state index contributed by atoms with van der Waals surface area (Å²) in [6.07, 6.45) is 0.0958. The molecule has 1 saturated carbocycles. The molecule has 1 aromatic heterocycles. The number of pyridine rings is 1. The molecular formula is C15H19F3N4O. The number of halogens is 3. The van der Waals surface area contributed by atoms with Crippen LogP contribution in [0, 0.1) is 0 Å². The minimum Gasteiger partial charge on any atom is -0.356 e. The van der Waals surface area contributed by atoms with E-state index in [1.807, 2.05) is 4.90 Å². The van der Waals surface area contributed by atoms with E-state index >= 15 is 0 Å². The van der Waals surface area contributed by atoms with Crippen molar-refractivity contribution in [3.05, 3.63) is 23.9 Å². The van der Waals surface area contributed by atoms with E-state index < -0.39 is 11.7 Å². The highest BCUT2D eigenvalue weighted by atomic mass is 19.4. The molecule has 126 valence electrons. The molecule has 0 atom stereocenters. The number of nitrogens with one attached hydrogen (secondary N) is 2. The molecule has 3 rings (SSSR count). The SMILES string of the molecule is O=C(NC1CC1)NC1CCN(c2ccc(C(F)(F)F)cn2)CC1. The van der Waals surface area contributed by atoms with Crippen LogP contribution in [0.4, 0.5) is 23.8 Å². The number of hydrogen-bond acceptors (Lipinski definition) is 3. The van der Waals surface area contributed by atoms with Gasteiger partial charge in [-0.25, -0.2) is 9.78 Å². The lowest BCUT2D eigenvalue weighted by Crippen LogP contribution is -2.48. The molecule has 23 heavy (non-hydrogen) atoms. The van der Waals surface area contributed by atoms with Crippen molar-refractivity contribution in [1.29, 1.82) is 0 Å². The van der Waals surface area contributed by atoms with Crippen molar-refractivity contribution in [3.8, 4) is 0 Å². The van der Waals surface area contributed by atoms with Gasteiger partial charge in [-0.05, 0) is 37.8 Å². The third-order valence-corrected chi connectivity index (χ3v) is 4.14. The number of alkyl halides is 3. The Morgan fingerprint density at radius 2 is 1.70 bits per heavy atom. The monoisotopic (exact) mass is 328 g/mol. The molecule has 2 N–H and O–H groups in total. The van der Waals surface area contributed by atoms with Gasteiger partial charge in [-0.1, -0.05) is 0 Å². The van der Waals surface area contributed by atoms with E-state index in [0.29, 0.717) is 24.9 Å². The van der Waals surface area contributed by atoms with Gasteiger partial charge in [-0.3, -0.25) is 0 Å². The number of aromatic nitrogens is 1. The summed E-state index contributed by atoms with van der Waals surface area (Å²) in [5.74, 6) is 0.541. The largest absolute Gasteiger partial charge is 0.417 e. The average molecular weight is 328 g/mol. The highest BCUT2D eigenvalue weighted by Gasteiger charge is 2.31. The van der Waals surface area contributed by atoms with Crippen molar-refractivity contribution in [2.45, 2.75) is 43.9 Å². The fraction of sp³-hybridized carbons (Fsp3) is 0.600. The molecule has 2 fully saturated rings. The van der Waals surface area contributed by atoms with E-state index in [4.69, 9.17) is 0 Å². The van der Waals surface area contributed by atoms with Gasteiger partial charge in [0.1, 0.15) is 5.82 Å². The molecule has 0 bridgehead atoms. The van der Waals surface area contributed by atoms with E-state index in [0.717, 1.165) is 37.9 Å². The minimum atomic E-state index is -4.36. The first-order valence-electron chi connectivity index (χ1n) is 7.77. The molecule has 0 unspecified atom stereocenters.